The number of hydrogen-bond acceptors (Lipinski definition) is 4. The summed E-state index contributed by atoms with van der Waals surface area (Å²) >= 11 is 0. The minimum absolute atomic E-state index is 0.0827. The molecule has 0 amide bonds. The van der Waals surface area contributed by atoms with Gasteiger partial charge < -0.3 is 14.2 Å². The molecule has 0 aliphatic rings. The molecule has 1 atom stereocenters. The Morgan fingerprint density at radius 3 is 2.67 bits per heavy atom. The number of halogens is 1. The third-order valence-corrected chi connectivity index (χ3v) is 0.910. The second-order valence-electron chi connectivity index (χ2n) is 1.96. The second kappa shape index (κ2) is 6.84. The summed E-state index contributed by atoms with van der Waals surface area (Å²) in [4.78, 5) is 10.5. The fourth-order valence-corrected chi connectivity index (χ4v) is 0.495. The van der Waals surface area contributed by atoms with Gasteiger partial charge in [-0.2, -0.15) is 0 Å². The smallest absolute Gasteiger partial charge is 0.432 e. The minimum Gasteiger partial charge on any atom is -0.432 e. The van der Waals surface area contributed by atoms with Gasteiger partial charge in [0, 0.05) is 13.5 Å². The zero-order valence-corrected chi connectivity index (χ0v) is 7.21. The van der Waals surface area contributed by atoms with E-state index >= 15 is 0 Å². The number of alkyl halides is 1. The van der Waals surface area contributed by atoms with Crippen molar-refractivity contribution >= 4 is 6.16 Å². The molecular formula is C7H13FO4. The lowest BCUT2D eigenvalue weighted by Gasteiger charge is -2.05. The quantitative estimate of drug-likeness (QED) is 0.475. The highest BCUT2D eigenvalue weighted by Gasteiger charge is 2.07. The van der Waals surface area contributed by atoms with Crippen molar-refractivity contribution in [1.82, 2.24) is 0 Å². The van der Waals surface area contributed by atoms with Crippen LogP contribution in [0.15, 0.2) is 0 Å². The van der Waals surface area contributed by atoms with Gasteiger partial charge in [0.05, 0.1) is 6.61 Å². The summed E-state index contributed by atoms with van der Waals surface area (Å²) in [6, 6.07) is 0. The Morgan fingerprint density at radius 1 is 1.50 bits per heavy atom. The largest absolute Gasteiger partial charge is 0.510 e. The zero-order chi connectivity index (χ0) is 9.40. The molecule has 4 nitrogen and oxygen atoms in total. The van der Waals surface area contributed by atoms with Crippen LogP contribution in [-0.2, 0) is 14.2 Å². The lowest BCUT2D eigenvalue weighted by Crippen LogP contribution is -2.15. The summed E-state index contributed by atoms with van der Waals surface area (Å²) in [6.07, 6.45) is -2.64. The van der Waals surface area contributed by atoms with Crippen molar-refractivity contribution in [2.45, 2.75) is 20.2 Å². The highest BCUT2D eigenvalue weighted by molar-refractivity contribution is 5.59. The third-order valence-electron chi connectivity index (χ3n) is 0.910. The van der Waals surface area contributed by atoms with Crippen LogP contribution in [-0.4, -0.2) is 32.3 Å². The van der Waals surface area contributed by atoms with E-state index in [9.17, 15) is 9.18 Å². The first-order valence-electron chi connectivity index (χ1n) is 3.72. The average molecular weight is 180 g/mol. The first kappa shape index (κ1) is 11.2. The maximum Gasteiger partial charge on any atom is 0.510 e. The van der Waals surface area contributed by atoms with Gasteiger partial charge in [0.25, 0.3) is 0 Å². The van der Waals surface area contributed by atoms with Gasteiger partial charge in [-0.25, -0.2) is 9.18 Å². The Kier molecular flexibility index (Phi) is 6.37. The number of ether oxygens (including phenoxy) is 3. The zero-order valence-electron chi connectivity index (χ0n) is 7.21. The van der Waals surface area contributed by atoms with Crippen LogP contribution in [0.5, 0.6) is 0 Å². The molecule has 0 aliphatic carbocycles. The van der Waals surface area contributed by atoms with Crippen LogP contribution in [0, 0.1) is 0 Å². The Morgan fingerprint density at radius 2 is 2.17 bits per heavy atom. The predicted octanol–water partition coefficient (Wildman–Crippen LogP) is 1.49. The minimum atomic E-state index is -1.63. The summed E-state index contributed by atoms with van der Waals surface area (Å²) in [5.41, 5.74) is 0. The lowest BCUT2D eigenvalue weighted by atomic mass is 10.7. The molecule has 0 aromatic rings. The van der Waals surface area contributed by atoms with Gasteiger partial charge in [0.2, 0.25) is 6.36 Å². The summed E-state index contributed by atoms with van der Waals surface area (Å²) in [7, 11) is 0. The van der Waals surface area contributed by atoms with Crippen LogP contribution >= 0.6 is 0 Å². The summed E-state index contributed by atoms with van der Waals surface area (Å²) in [5, 5.41) is 0. The number of rotatable bonds is 5. The molecule has 0 saturated heterocycles. The number of carbonyl (C=O) groups excluding carboxylic acids is 1. The molecule has 0 rings (SSSR count). The van der Waals surface area contributed by atoms with Gasteiger partial charge in [-0.15, -0.1) is 0 Å². The molecule has 0 saturated carbocycles. The molecule has 1 unspecified atom stereocenters. The van der Waals surface area contributed by atoms with Crippen LogP contribution in [0.1, 0.15) is 13.8 Å². The first-order valence-corrected chi connectivity index (χ1v) is 3.72. The van der Waals surface area contributed by atoms with E-state index in [4.69, 9.17) is 4.74 Å². The Bertz CT molecular complexity index is 127. The summed E-state index contributed by atoms with van der Waals surface area (Å²) in [5.74, 6) is 0. The van der Waals surface area contributed by atoms with Crippen LogP contribution in [0.4, 0.5) is 9.18 Å². The topological polar surface area (TPSA) is 44.8 Å². The average Bonchev–Trinajstić information content (AvgIpc) is 1.97. The van der Waals surface area contributed by atoms with Crippen LogP contribution in [0.3, 0.4) is 0 Å². The molecule has 72 valence electrons. The molecule has 0 spiro atoms. The maximum absolute atomic E-state index is 12.0. The highest BCUT2D eigenvalue weighted by Crippen LogP contribution is 1.94. The van der Waals surface area contributed by atoms with E-state index in [2.05, 4.69) is 9.47 Å². The van der Waals surface area contributed by atoms with Crippen molar-refractivity contribution in [3.05, 3.63) is 0 Å². The van der Waals surface area contributed by atoms with Gasteiger partial charge in [0.15, 0.2) is 0 Å². The SMILES string of the molecule is CCOCCOC(=O)OC(C)F. The molecule has 0 fully saturated rings. The van der Waals surface area contributed by atoms with Crippen molar-refractivity contribution in [1.29, 1.82) is 0 Å². The van der Waals surface area contributed by atoms with Gasteiger partial charge in [-0.05, 0) is 6.92 Å². The first-order chi connectivity index (χ1) is 5.66. The molecule has 0 aromatic heterocycles. The Balaban J connectivity index is 3.20. The highest BCUT2D eigenvalue weighted by atomic mass is 19.1. The van der Waals surface area contributed by atoms with Gasteiger partial charge in [-0.1, -0.05) is 0 Å². The molecule has 0 radical (unpaired) electrons. The van der Waals surface area contributed by atoms with Crippen molar-refractivity contribution in [2.75, 3.05) is 19.8 Å². The molecule has 0 heterocycles. The molecule has 5 heteroatoms. The van der Waals surface area contributed by atoms with Crippen LogP contribution < -0.4 is 0 Å². The van der Waals surface area contributed by atoms with E-state index in [0.29, 0.717) is 13.2 Å². The van der Waals surface area contributed by atoms with Gasteiger partial charge in [0.1, 0.15) is 6.61 Å². The maximum atomic E-state index is 12.0. The standard InChI is InChI=1S/C7H13FO4/c1-3-10-4-5-11-7(9)12-6(2)8/h6H,3-5H2,1-2H3. The third kappa shape index (κ3) is 7.27. The van der Waals surface area contributed by atoms with E-state index in [1.165, 1.54) is 0 Å². The molecule has 12 heavy (non-hydrogen) atoms. The van der Waals surface area contributed by atoms with Crippen LogP contribution in [0.25, 0.3) is 0 Å². The van der Waals surface area contributed by atoms with E-state index < -0.39 is 12.5 Å². The second-order valence-corrected chi connectivity index (χ2v) is 1.96. The molecule has 0 aromatic carbocycles. The van der Waals surface area contributed by atoms with Crippen molar-refractivity contribution < 1.29 is 23.4 Å². The van der Waals surface area contributed by atoms with E-state index in [-0.39, 0.29) is 6.61 Å². The predicted molar refractivity (Wildman–Crippen MR) is 39.5 cm³/mol. The van der Waals surface area contributed by atoms with Gasteiger partial charge >= 0.3 is 6.16 Å². The fraction of sp³-hybridized carbons (Fsp3) is 0.857. The molecule has 0 bridgehead atoms. The monoisotopic (exact) mass is 180 g/mol. The molecular weight excluding hydrogens is 167 g/mol. The van der Waals surface area contributed by atoms with Crippen LogP contribution in [0.2, 0.25) is 0 Å². The summed E-state index contributed by atoms with van der Waals surface area (Å²) < 4.78 is 25.3. The molecule has 0 N–H and O–H groups in total. The summed E-state index contributed by atoms with van der Waals surface area (Å²) in [6.45, 7) is 3.86. The fourth-order valence-electron chi connectivity index (χ4n) is 0.495. The van der Waals surface area contributed by atoms with Gasteiger partial charge in [-0.3, -0.25) is 0 Å². The lowest BCUT2D eigenvalue weighted by molar-refractivity contribution is -0.0293. The van der Waals surface area contributed by atoms with E-state index in [1.807, 2.05) is 6.92 Å². The van der Waals surface area contributed by atoms with Crippen molar-refractivity contribution in [3.63, 3.8) is 0 Å². The normalized spacial score (nSPS) is 12.2. The number of carbonyl (C=O) groups is 1. The Hall–Kier alpha value is -0.840. The molecule has 0 aliphatic heterocycles. The van der Waals surface area contributed by atoms with E-state index in [1.54, 1.807) is 0 Å². The Labute approximate surface area is 70.6 Å². The van der Waals surface area contributed by atoms with E-state index in [0.717, 1.165) is 6.92 Å². The van der Waals surface area contributed by atoms with Crippen molar-refractivity contribution in [3.8, 4) is 0 Å². The van der Waals surface area contributed by atoms with Crippen molar-refractivity contribution in [2.24, 2.45) is 0 Å². The number of hydrogen-bond donors (Lipinski definition) is 0.